The monoisotopic (exact) mass is 500 g/mol. The van der Waals surface area contributed by atoms with E-state index in [1.807, 2.05) is 13.8 Å². The van der Waals surface area contributed by atoms with Gasteiger partial charge in [0.05, 0.1) is 17.9 Å². The number of rotatable bonds is 6. The molecule has 6 nitrogen and oxygen atoms in total. The number of ether oxygens (including phenoxy) is 1. The van der Waals surface area contributed by atoms with Crippen molar-refractivity contribution in [1.82, 2.24) is 9.55 Å². The van der Waals surface area contributed by atoms with Crippen molar-refractivity contribution in [2.75, 3.05) is 13.7 Å². The number of aromatic nitrogens is 2. The minimum absolute atomic E-state index is 0.00368. The molecule has 0 radical (unpaired) electrons. The summed E-state index contributed by atoms with van der Waals surface area (Å²) in [5.41, 5.74) is 1.20. The van der Waals surface area contributed by atoms with E-state index in [4.69, 9.17) is 20.8 Å². The summed E-state index contributed by atoms with van der Waals surface area (Å²) in [6, 6.07) is 9.49. The Bertz CT molecular complexity index is 1450. The van der Waals surface area contributed by atoms with Crippen LogP contribution in [0.1, 0.15) is 23.9 Å². The largest absolute Gasteiger partial charge is 0.437 e. The van der Waals surface area contributed by atoms with Crippen LogP contribution in [0.4, 0.5) is 8.78 Å². The van der Waals surface area contributed by atoms with Gasteiger partial charge in [0.2, 0.25) is 5.89 Å². The maximum Gasteiger partial charge on any atom is 0.255 e. The highest BCUT2D eigenvalue weighted by Gasteiger charge is 2.34. The number of pyridine rings is 1. The van der Waals surface area contributed by atoms with Gasteiger partial charge in [-0.2, -0.15) is 0 Å². The molecule has 0 aliphatic heterocycles. The van der Waals surface area contributed by atoms with Crippen LogP contribution in [0.5, 0.6) is 0 Å². The summed E-state index contributed by atoms with van der Waals surface area (Å²) in [6.45, 7) is 4.78. The van der Waals surface area contributed by atoms with Gasteiger partial charge in [0.1, 0.15) is 17.3 Å². The Morgan fingerprint density at radius 1 is 1.14 bits per heavy atom. The summed E-state index contributed by atoms with van der Waals surface area (Å²) in [5, 5.41) is 10.4. The molecule has 0 aliphatic carbocycles. The van der Waals surface area contributed by atoms with E-state index in [2.05, 4.69) is 4.98 Å². The Balaban J connectivity index is 1.99. The standard InChI is InChI=1S/C26H23ClF2N2O4/c1-14-9-17(27)10-15(2)23(14)31-12-16(5-8-21(31)33)22-24(19-7-6-18(28)11-20(19)29)35-25(30-22)26(3,13-32)34-4/h5-12,32H,13H2,1-4H3. The normalized spacial score (nSPS) is 13.1. The van der Waals surface area contributed by atoms with Crippen molar-refractivity contribution in [1.29, 1.82) is 0 Å². The second kappa shape index (κ2) is 9.37. The average Bonchev–Trinajstić information content (AvgIpc) is 3.25. The van der Waals surface area contributed by atoms with Crippen LogP contribution in [0.2, 0.25) is 5.02 Å². The number of hydrogen-bond donors (Lipinski definition) is 1. The molecule has 2 aromatic heterocycles. The highest BCUT2D eigenvalue weighted by atomic mass is 35.5. The number of aliphatic hydroxyl groups is 1. The summed E-state index contributed by atoms with van der Waals surface area (Å²) in [5.74, 6) is -1.60. The second-order valence-electron chi connectivity index (χ2n) is 8.43. The van der Waals surface area contributed by atoms with E-state index < -0.39 is 23.8 Å². The predicted molar refractivity (Wildman–Crippen MR) is 129 cm³/mol. The van der Waals surface area contributed by atoms with Gasteiger partial charge in [0.25, 0.3) is 5.56 Å². The van der Waals surface area contributed by atoms with Gasteiger partial charge in [0.15, 0.2) is 11.4 Å². The van der Waals surface area contributed by atoms with Crippen molar-refractivity contribution in [3.8, 4) is 28.3 Å². The SMILES string of the molecule is COC(C)(CO)c1nc(-c2ccc(=O)n(-c3c(C)cc(Cl)cc3C)c2)c(-c2ccc(F)cc2F)o1. The Morgan fingerprint density at radius 3 is 2.43 bits per heavy atom. The van der Waals surface area contributed by atoms with E-state index in [0.717, 1.165) is 23.3 Å². The Hall–Kier alpha value is -3.33. The summed E-state index contributed by atoms with van der Waals surface area (Å²) < 4.78 is 41.1. The molecule has 182 valence electrons. The molecule has 2 heterocycles. The quantitative estimate of drug-likeness (QED) is 0.375. The van der Waals surface area contributed by atoms with Crippen LogP contribution in [-0.2, 0) is 10.3 Å². The Labute approximate surface area is 205 Å². The number of hydrogen-bond acceptors (Lipinski definition) is 5. The van der Waals surface area contributed by atoms with Crippen LogP contribution in [0.3, 0.4) is 0 Å². The van der Waals surface area contributed by atoms with Gasteiger partial charge >= 0.3 is 0 Å². The lowest BCUT2D eigenvalue weighted by molar-refractivity contribution is -0.0601. The molecule has 35 heavy (non-hydrogen) atoms. The number of methoxy groups -OCH3 is 1. The molecule has 0 amide bonds. The van der Waals surface area contributed by atoms with Crippen molar-refractivity contribution in [2.45, 2.75) is 26.4 Å². The smallest absolute Gasteiger partial charge is 0.255 e. The van der Waals surface area contributed by atoms with Gasteiger partial charge in [-0.05, 0) is 62.2 Å². The minimum Gasteiger partial charge on any atom is -0.437 e. The van der Waals surface area contributed by atoms with E-state index in [0.29, 0.717) is 16.3 Å². The molecule has 1 atom stereocenters. The topological polar surface area (TPSA) is 77.5 Å². The minimum atomic E-state index is -1.32. The molecule has 9 heteroatoms. The fraction of sp³-hybridized carbons (Fsp3) is 0.231. The highest BCUT2D eigenvalue weighted by Crippen LogP contribution is 2.38. The Kier molecular flexibility index (Phi) is 6.64. The fourth-order valence-electron chi connectivity index (χ4n) is 3.90. The molecule has 2 aromatic carbocycles. The average molecular weight is 501 g/mol. The molecule has 4 rings (SSSR count). The van der Waals surface area contributed by atoms with Gasteiger partial charge in [-0.3, -0.25) is 9.36 Å². The molecular weight excluding hydrogens is 478 g/mol. The number of aryl methyl sites for hydroxylation is 2. The molecule has 0 saturated carbocycles. The van der Waals surface area contributed by atoms with Crippen LogP contribution in [-0.4, -0.2) is 28.4 Å². The van der Waals surface area contributed by atoms with Crippen LogP contribution < -0.4 is 5.56 Å². The lowest BCUT2D eigenvalue weighted by Crippen LogP contribution is -2.29. The number of benzene rings is 2. The summed E-state index contributed by atoms with van der Waals surface area (Å²) in [4.78, 5) is 17.3. The third-order valence-corrected chi connectivity index (χ3v) is 6.11. The molecule has 0 saturated heterocycles. The fourth-order valence-corrected chi connectivity index (χ4v) is 4.23. The van der Waals surface area contributed by atoms with Crippen molar-refractivity contribution in [3.05, 3.63) is 92.7 Å². The van der Waals surface area contributed by atoms with Crippen molar-refractivity contribution in [2.24, 2.45) is 0 Å². The number of aliphatic hydroxyl groups excluding tert-OH is 1. The highest BCUT2D eigenvalue weighted by molar-refractivity contribution is 6.30. The first kappa shape index (κ1) is 24.8. The molecule has 1 unspecified atom stereocenters. The maximum absolute atomic E-state index is 14.8. The second-order valence-corrected chi connectivity index (χ2v) is 8.86. The molecular formula is C26H23ClF2N2O4. The molecule has 1 N–H and O–H groups in total. The van der Waals surface area contributed by atoms with Crippen LogP contribution in [0.15, 0.2) is 57.9 Å². The first-order chi connectivity index (χ1) is 16.6. The first-order valence-electron chi connectivity index (χ1n) is 10.7. The Morgan fingerprint density at radius 2 is 1.83 bits per heavy atom. The van der Waals surface area contributed by atoms with E-state index in [9.17, 15) is 18.7 Å². The van der Waals surface area contributed by atoms with E-state index >= 15 is 0 Å². The summed E-state index contributed by atoms with van der Waals surface area (Å²) in [7, 11) is 1.38. The van der Waals surface area contributed by atoms with Crippen molar-refractivity contribution >= 4 is 11.6 Å². The van der Waals surface area contributed by atoms with E-state index in [1.54, 1.807) is 25.3 Å². The number of nitrogens with zero attached hydrogens (tertiary/aromatic N) is 2. The zero-order valence-corrected chi connectivity index (χ0v) is 20.3. The van der Waals surface area contributed by atoms with Gasteiger partial charge in [-0.1, -0.05) is 11.6 Å². The van der Waals surface area contributed by atoms with Gasteiger partial charge < -0.3 is 14.3 Å². The van der Waals surface area contributed by atoms with Crippen molar-refractivity contribution < 1.29 is 23.0 Å². The number of halogens is 3. The third kappa shape index (κ3) is 4.52. The van der Waals surface area contributed by atoms with Crippen LogP contribution in [0.25, 0.3) is 28.3 Å². The molecule has 4 aromatic rings. The lowest BCUT2D eigenvalue weighted by atomic mass is 10.1. The number of oxazole rings is 1. The van der Waals surface area contributed by atoms with Gasteiger partial charge in [-0.15, -0.1) is 0 Å². The lowest BCUT2D eigenvalue weighted by Gasteiger charge is -2.21. The first-order valence-corrected chi connectivity index (χ1v) is 11.1. The van der Waals surface area contributed by atoms with E-state index in [1.165, 1.54) is 29.9 Å². The molecule has 0 aliphatic rings. The van der Waals surface area contributed by atoms with E-state index in [-0.39, 0.29) is 28.5 Å². The third-order valence-electron chi connectivity index (χ3n) is 5.89. The molecule has 0 fully saturated rings. The summed E-state index contributed by atoms with van der Waals surface area (Å²) in [6.07, 6.45) is 1.57. The van der Waals surface area contributed by atoms with Gasteiger partial charge in [-0.25, -0.2) is 13.8 Å². The van der Waals surface area contributed by atoms with Crippen LogP contribution >= 0.6 is 11.6 Å². The summed E-state index contributed by atoms with van der Waals surface area (Å²) >= 11 is 6.16. The van der Waals surface area contributed by atoms with Gasteiger partial charge in [0, 0.05) is 36.0 Å². The zero-order chi connectivity index (χ0) is 25.5. The maximum atomic E-state index is 14.8. The van der Waals surface area contributed by atoms with Crippen molar-refractivity contribution in [3.63, 3.8) is 0 Å². The predicted octanol–water partition coefficient (Wildman–Crippen LogP) is 5.56. The zero-order valence-electron chi connectivity index (χ0n) is 19.5. The van der Waals surface area contributed by atoms with Crippen LogP contribution in [0, 0.1) is 25.5 Å². The molecule has 0 bridgehead atoms. The molecule has 0 spiro atoms.